The van der Waals surface area contributed by atoms with Gasteiger partial charge in [-0.1, -0.05) is 6.07 Å². The average Bonchev–Trinajstić information content (AvgIpc) is 2.58. The summed E-state index contributed by atoms with van der Waals surface area (Å²) < 4.78 is 11.2. The maximum Gasteiger partial charge on any atom is 0.224 e. The molecule has 0 spiro atoms. The Morgan fingerprint density at radius 3 is 2.67 bits per heavy atom. The molecule has 6 heteroatoms. The number of ether oxygens (including phenoxy) is 2. The van der Waals surface area contributed by atoms with Gasteiger partial charge in [-0.3, -0.25) is 4.79 Å². The second-order valence-electron chi connectivity index (χ2n) is 5.73. The highest BCUT2D eigenvalue weighted by atomic mass is 35.5. The van der Waals surface area contributed by atoms with Crippen LogP contribution in [-0.4, -0.2) is 38.8 Å². The van der Waals surface area contributed by atoms with Gasteiger partial charge in [0.05, 0.1) is 19.1 Å². The Balaban J connectivity index is 0.00000288. The lowest BCUT2D eigenvalue weighted by atomic mass is 9.99. The van der Waals surface area contributed by atoms with E-state index in [-0.39, 0.29) is 24.2 Å². The quantitative estimate of drug-likeness (QED) is 0.751. The fourth-order valence-corrected chi connectivity index (χ4v) is 2.80. The molecule has 1 unspecified atom stereocenters. The van der Waals surface area contributed by atoms with Crippen LogP contribution in [0.2, 0.25) is 0 Å². The number of halogens is 1. The molecule has 1 aromatic carbocycles. The monoisotopic (exact) mass is 356 g/mol. The third-order valence-corrected chi connectivity index (χ3v) is 3.99. The second-order valence-corrected chi connectivity index (χ2v) is 5.73. The maximum atomic E-state index is 12.1. The summed E-state index contributed by atoms with van der Waals surface area (Å²) in [5.74, 6) is 1.82. The summed E-state index contributed by atoms with van der Waals surface area (Å²) in [7, 11) is 0. The minimum atomic E-state index is 0. The van der Waals surface area contributed by atoms with Gasteiger partial charge in [-0.25, -0.2) is 0 Å². The number of benzene rings is 1. The zero-order valence-electron chi connectivity index (χ0n) is 14.6. The van der Waals surface area contributed by atoms with Crippen molar-refractivity contribution in [1.82, 2.24) is 10.6 Å². The minimum absolute atomic E-state index is 0. The van der Waals surface area contributed by atoms with Crippen LogP contribution in [0.25, 0.3) is 0 Å². The number of hydrogen-bond donors (Lipinski definition) is 2. The van der Waals surface area contributed by atoms with Crippen LogP contribution in [-0.2, 0) is 11.2 Å². The number of hydrogen-bond acceptors (Lipinski definition) is 4. The first-order valence-corrected chi connectivity index (χ1v) is 8.61. The lowest BCUT2D eigenvalue weighted by Gasteiger charge is -2.21. The molecule has 2 N–H and O–H groups in total. The Morgan fingerprint density at radius 2 is 2.00 bits per heavy atom. The fourth-order valence-electron chi connectivity index (χ4n) is 2.80. The molecule has 0 bridgehead atoms. The van der Waals surface area contributed by atoms with Gasteiger partial charge < -0.3 is 20.1 Å². The maximum absolute atomic E-state index is 12.1. The van der Waals surface area contributed by atoms with Crippen molar-refractivity contribution in [3.8, 4) is 11.5 Å². The van der Waals surface area contributed by atoms with Gasteiger partial charge in [0, 0.05) is 13.1 Å². The second kappa shape index (κ2) is 11.2. The van der Waals surface area contributed by atoms with Gasteiger partial charge in [-0.2, -0.15) is 0 Å². The highest BCUT2D eigenvalue weighted by Crippen LogP contribution is 2.28. The third kappa shape index (κ3) is 6.21. The molecular formula is C18H29ClN2O3. The van der Waals surface area contributed by atoms with Crippen LogP contribution in [0.1, 0.15) is 32.3 Å². The molecule has 5 nitrogen and oxygen atoms in total. The summed E-state index contributed by atoms with van der Waals surface area (Å²) in [5, 5.41) is 6.31. The normalized spacial score (nSPS) is 16.8. The van der Waals surface area contributed by atoms with Crippen LogP contribution >= 0.6 is 12.4 Å². The van der Waals surface area contributed by atoms with Gasteiger partial charge in [-0.05, 0) is 57.4 Å². The molecule has 1 heterocycles. The average molecular weight is 357 g/mol. The molecule has 0 aromatic heterocycles. The van der Waals surface area contributed by atoms with Crippen molar-refractivity contribution in [3.63, 3.8) is 0 Å². The summed E-state index contributed by atoms with van der Waals surface area (Å²) >= 11 is 0. The summed E-state index contributed by atoms with van der Waals surface area (Å²) in [6, 6.07) is 5.97. The first-order chi connectivity index (χ1) is 11.2. The Hall–Kier alpha value is -1.46. The number of carbonyl (C=O) groups excluding carboxylic acids is 1. The highest BCUT2D eigenvalue weighted by Gasteiger charge is 2.20. The number of piperidine rings is 1. The smallest absolute Gasteiger partial charge is 0.224 e. The number of rotatable bonds is 8. The standard InChI is InChI=1S/C18H28N2O3.ClH/c1-3-22-16-8-7-14(12-17(16)23-4-2)9-11-20-18(21)15-6-5-10-19-13-15;/h7-8,12,15,19H,3-6,9-11,13H2,1-2H3,(H,20,21);1H. The van der Waals surface area contributed by atoms with Crippen LogP contribution in [0.5, 0.6) is 11.5 Å². The molecule has 0 aliphatic carbocycles. The molecule has 1 atom stereocenters. The highest BCUT2D eigenvalue weighted by molar-refractivity contribution is 5.85. The zero-order chi connectivity index (χ0) is 16.5. The van der Waals surface area contributed by atoms with E-state index in [1.54, 1.807) is 0 Å². The molecule has 24 heavy (non-hydrogen) atoms. The van der Waals surface area contributed by atoms with Crippen molar-refractivity contribution in [2.75, 3.05) is 32.8 Å². The van der Waals surface area contributed by atoms with E-state index < -0.39 is 0 Å². The molecule has 2 rings (SSSR count). The molecule has 0 radical (unpaired) electrons. The van der Waals surface area contributed by atoms with E-state index in [1.165, 1.54) is 0 Å². The Labute approximate surface area is 150 Å². The van der Waals surface area contributed by atoms with Crippen LogP contribution < -0.4 is 20.1 Å². The summed E-state index contributed by atoms with van der Waals surface area (Å²) in [6.07, 6.45) is 2.85. The van der Waals surface area contributed by atoms with Crippen molar-refractivity contribution >= 4 is 18.3 Å². The van der Waals surface area contributed by atoms with Crippen molar-refractivity contribution in [1.29, 1.82) is 0 Å². The Kier molecular flexibility index (Phi) is 9.57. The van der Waals surface area contributed by atoms with E-state index in [4.69, 9.17) is 9.47 Å². The first-order valence-electron chi connectivity index (χ1n) is 8.61. The Bertz CT molecular complexity index is 505. The Morgan fingerprint density at radius 1 is 1.25 bits per heavy atom. The number of carbonyl (C=O) groups is 1. The molecule has 1 amide bonds. The van der Waals surface area contributed by atoms with Gasteiger partial charge in [0.15, 0.2) is 11.5 Å². The van der Waals surface area contributed by atoms with E-state index >= 15 is 0 Å². The van der Waals surface area contributed by atoms with Gasteiger partial charge in [0.2, 0.25) is 5.91 Å². The molecule has 1 fully saturated rings. The zero-order valence-corrected chi connectivity index (χ0v) is 15.4. The molecule has 1 saturated heterocycles. The van der Waals surface area contributed by atoms with Gasteiger partial charge in [0.25, 0.3) is 0 Å². The van der Waals surface area contributed by atoms with Crippen LogP contribution in [0.3, 0.4) is 0 Å². The molecule has 136 valence electrons. The van der Waals surface area contributed by atoms with Crippen molar-refractivity contribution in [3.05, 3.63) is 23.8 Å². The minimum Gasteiger partial charge on any atom is -0.490 e. The third-order valence-electron chi connectivity index (χ3n) is 3.99. The van der Waals surface area contributed by atoms with Gasteiger partial charge >= 0.3 is 0 Å². The van der Waals surface area contributed by atoms with Gasteiger partial charge in [-0.15, -0.1) is 12.4 Å². The molecular weight excluding hydrogens is 328 g/mol. The number of nitrogens with one attached hydrogen (secondary N) is 2. The predicted molar refractivity (Wildman–Crippen MR) is 98.3 cm³/mol. The van der Waals surface area contributed by atoms with E-state index in [1.807, 2.05) is 32.0 Å². The van der Waals surface area contributed by atoms with E-state index in [9.17, 15) is 4.79 Å². The lowest BCUT2D eigenvalue weighted by Crippen LogP contribution is -2.41. The van der Waals surface area contributed by atoms with Crippen molar-refractivity contribution < 1.29 is 14.3 Å². The molecule has 1 aromatic rings. The van der Waals surface area contributed by atoms with E-state index in [0.717, 1.165) is 49.4 Å². The largest absolute Gasteiger partial charge is 0.490 e. The molecule has 0 saturated carbocycles. The first kappa shape index (κ1) is 20.6. The van der Waals surface area contributed by atoms with Crippen molar-refractivity contribution in [2.24, 2.45) is 5.92 Å². The summed E-state index contributed by atoms with van der Waals surface area (Å²) in [5.41, 5.74) is 1.14. The van der Waals surface area contributed by atoms with Crippen LogP contribution in [0.4, 0.5) is 0 Å². The topological polar surface area (TPSA) is 59.6 Å². The number of amides is 1. The van der Waals surface area contributed by atoms with Crippen LogP contribution in [0.15, 0.2) is 18.2 Å². The van der Waals surface area contributed by atoms with E-state index in [2.05, 4.69) is 10.6 Å². The van der Waals surface area contributed by atoms with Crippen molar-refractivity contribution in [2.45, 2.75) is 33.1 Å². The lowest BCUT2D eigenvalue weighted by molar-refractivity contribution is -0.125. The SMILES string of the molecule is CCOc1ccc(CCNC(=O)C2CCCNC2)cc1OCC.Cl. The fraction of sp³-hybridized carbons (Fsp3) is 0.611. The predicted octanol–water partition coefficient (Wildman–Crippen LogP) is 2.56. The molecule has 1 aliphatic rings. The van der Waals surface area contributed by atoms with Gasteiger partial charge in [0.1, 0.15) is 0 Å². The van der Waals surface area contributed by atoms with Crippen LogP contribution in [0, 0.1) is 5.92 Å². The summed E-state index contributed by atoms with van der Waals surface area (Å²) in [4.78, 5) is 12.1. The van der Waals surface area contributed by atoms with E-state index in [0.29, 0.717) is 19.8 Å². The summed E-state index contributed by atoms with van der Waals surface area (Å²) in [6.45, 7) is 7.61. The molecule has 1 aliphatic heterocycles.